The predicted molar refractivity (Wildman–Crippen MR) is 122 cm³/mol. The average molecular weight is 511 g/mol. The average Bonchev–Trinajstić information content (AvgIpc) is 2.70. The van der Waals surface area contributed by atoms with Crippen LogP contribution < -0.4 is 5.32 Å². The predicted octanol–water partition coefficient (Wildman–Crippen LogP) is 7.55. The van der Waals surface area contributed by atoms with Crippen LogP contribution in [0.4, 0.5) is 31.1 Å². The monoisotopic (exact) mass is 510 g/mol. The van der Waals surface area contributed by atoms with Crippen LogP contribution in [0, 0.1) is 0 Å². The van der Waals surface area contributed by atoms with Gasteiger partial charge in [-0.3, -0.25) is 0 Å². The molecular formula is C25H36F6N2O2. The lowest BCUT2D eigenvalue weighted by molar-refractivity contribution is -0.143. The Morgan fingerprint density at radius 2 is 1.37 bits per heavy atom. The first-order valence-corrected chi connectivity index (χ1v) is 12.1. The fourth-order valence-electron chi connectivity index (χ4n) is 4.62. The number of amides is 1. The number of likely N-dealkylation sites (tertiary alicyclic amines) is 1. The van der Waals surface area contributed by atoms with E-state index < -0.39 is 29.1 Å². The van der Waals surface area contributed by atoms with Gasteiger partial charge in [-0.1, -0.05) is 26.7 Å². The van der Waals surface area contributed by atoms with E-state index in [1.54, 1.807) is 25.7 Å². The summed E-state index contributed by atoms with van der Waals surface area (Å²) in [5, 5.41) is 3.17. The van der Waals surface area contributed by atoms with Crippen LogP contribution in [0.5, 0.6) is 0 Å². The Labute approximate surface area is 203 Å². The zero-order valence-corrected chi connectivity index (χ0v) is 20.9. The van der Waals surface area contributed by atoms with Crippen molar-refractivity contribution in [2.75, 3.05) is 0 Å². The van der Waals surface area contributed by atoms with Gasteiger partial charge in [0, 0.05) is 24.7 Å². The van der Waals surface area contributed by atoms with E-state index in [0.29, 0.717) is 12.8 Å². The minimum Gasteiger partial charge on any atom is -0.444 e. The maximum atomic E-state index is 13.2. The molecule has 0 bridgehead atoms. The molecule has 0 radical (unpaired) electrons. The van der Waals surface area contributed by atoms with Crippen molar-refractivity contribution in [1.82, 2.24) is 10.2 Å². The number of nitrogens with zero attached hydrogens (tertiary/aromatic N) is 1. The molecule has 3 atom stereocenters. The molecule has 0 spiro atoms. The Hall–Kier alpha value is -1.97. The van der Waals surface area contributed by atoms with Gasteiger partial charge in [-0.2, -0.15) is 26.3 Å². The van der Waals surface area contributed by atoms with Crippen LogP contribution in [0.15, 0.2) is 18.2 Å². The molecule has 10 heteroatoms. The number of hydrogen-bond donors (Lipinski definition) is 1. The van der Waals surface area contributed by atoms with Crippen molar-refractivity contribution in [2.24, 2.45) is 0 Å². The Morgan fingerprint density at radius 1 is 0.914 bits per heavy atom. The summed E-state index contributed by atoms with van der Waals surface area (Å²) in [5.74, 6) is 0. The van der Waals surface area contributed by atoms with E-state index in [9.17, 15) is 31.1 Å². The number of nitrogens with one attached hydrogen (secondary N) is 1. The minimum atomic E-state index is -4.88. The quantitative estimate of drug-likeness (QED) is 0.385. The Bertz CT molecular complexity index is 800. The van der Waals surface area contributed by atoms with Gasteiger partial charge < -0.3 is 15.0 Å². The zero-order valence-electron chi connectivity index (χ0n) is 20.9. The number of ether oxygens (including phenoxy) is 1. The molecule has 2 rings (SSSR count). The molecule has 4 nitrogen and oxygen atoms in total. The second-order valence-electron chi connectivity index (χ2n) is 10.2. The van der Waals surface area contributed by atoms with E-state index in [-0.39, 0.29) is 42.4 Å². The Balaban J connectivity index is 2.25. The van der Waals surface area contributed by atoms with Gasteiger partial charge in [0.2, 0.25) is 0 Å². The summed E-state index contributed by atoms with van der Waals surface area (Å²) in [6, 6.07) is 1.22. The van der Waals surface area contributed by atoms with Crippen molar-refractivity contribution in [1.29, 1.82) is 0 Å². The molecule has 0 saturated carbocycles. The fraction of sp³-hybridized carbons (Fsp3) is 0.720. The largest absolute Gasteiger partial charge is 0.444 e. The van der Waals surface area contributed by atoms with Gasteiger partial charge in [0.15, 0.2) is 0 Å². The van der Waals surface area contributed by atoms with Gasteiger partial charge in [0.05, 0.1) is 11.1 Å². The van der Waals surface area contributed by atoms with Crippen molar-refractivity contribution in [2.45, 2.75) is 116 Å². The molecule has 0 aromatic heterocycles. The third-order valence-electron chi connectivity index (χ3n) is 5.99. The first-order chi connectivity index (χ1) is 16.0. The Kier molecular flexibility index (Phi) is 9.52. The topological polar surface area (TPSA) is 41.6 Å². The van der Waals surface area contributed by atoms with E-state index >= 15 is 0 Å². The highest BCUT2D eigenvalue weighted by molar-refractivity contribution is 5.69. The molecule has 1 aromatic carbocycles. The van der Waals surface area contributed by atoms with E-state index in [1.165, 1.54) is 0 Å². The third kappa shape index (κ3) is 8.58. The first-order valence-electron chi connectivity index (χ1n) is 12.1. The number of piperidine rings is 1. The third-order valence-corrected chi connectivity index (χ3v) is 5.99. The normalized spacial score (nSPS) is 21.8. The maximum Gasteiger partial charge on any atom is 0.416 e. The molecule has 1 fully saturated rings. The Morgan fingerprint density at radius 3 is 1.74 bits per heavy atom. The number of hydrogen-bond acceptors (Lipinski definition) is 3. The zero-order chi connectivity index (χ0) is 26.6. The van der Waals surface area contributed by atoms with Crippen molar-refractivity contribution in [3.63, 3.8) is 0 Å². The van der Waals surface area contributed by atoms with Crippen LogP contribution in [-0.4, -0.2) is 34.7 Å². The lowest BCUT2D eigenvalue weighted by atomic mass is 9.87. The van der Waals surface area contributed by atoms with Crippen molar-refractivity contribution >= 4 is 6.09 Å². The number of benzene rings is 1. The number of carbonyl (C=O) groups is 1. The first kappa shape index (κ1) is 29.3. The lowest BCUT2D eigenvalue weighted by Gasteiger charge is -2.46. The molecular weight excluding hydrogens is 474 g/mol. The van der Waals surface area contributed by atoms with Crippen LogP contribution in [0.25, 0.3) is 0 Å². The van der Waals surface area contributed by atoms with Gasteiger partial charge in [-0.05, 0) is 70.2 Å². The van der Waals surface area contributed by atoms with Crippen LogP contribution >= 0.6 is 0 Å². The molecule has 1 heterocycles. The van der Waals surface area contributed by atoms with Crippen LogP contribution in [0.3, 0.4) is 0 Å². The SMILES string of the molecule is CCC[C@@H]1CC(NCc2cc(C(F)(F)F)cc(C(F)(F)F)c2)C[C@H](CCC)N1C(=O)OC(C)(C)C. The smallest absolute Gasteiger partial charge is 0.416 e. The van der Waals surface area contributed by atoms with Crippen LogP contribution in [-0.2, 0) is 23.6 Å². The van der Waals surface area contributed by atoms with E-state index in [1.807, 2.05) is 13.8 Å². The van der Waals surface area contributed by atoms with Crippen LogP contribution in [0.2, 0.25) is 0 Å². The molecule has 1 N–H and O–H groups in total. The number of alkyl halides is 6. The fourth-order valence-corrected chi connectivity index (χ4v) is 4.62. The van der Waals surface area contributed by atoms with Crippen molar-refractivity contribution in [3.05, 3.63) is 34.9 Å². The summed E-state index contributed by atoms with van der Waals surface area (Å²) in [4.78, 5) is 14.8. The number of halogens is 6. The van der Waals surface area contributed by atoms with Gasteiger partial charge in [0.25, 0.3) is 0 Å². The lowest BCUT2D eigenvalue weighted by Crippen LogP contribution is -2.57. The molecule has 1 aromatic rings. The van der Waals surface area contributed by atoms with Crippen molar-refractivity contribution < 1.29 is 35.9 Å². The van der Waals surface area contributed by atoms with Crippen molar-refractivity contribution in [3.8, 4) is 0 Å². The molecule has 1 aliphatic rings. The molecule has 1 saturated heterocycles. The van der Waals surface area contributed by atoms with E-state index in [4.69, 9.17) is 4.74 Å². The molecule has 0 aliphatic carbocycles. The molecule has 35 heavy (non-hydrogen) atoms. The standard InChI is InChI=1S/C25H36F6N2O2/c1-6-8-20-13-19(14-21(9-7-2)33(20)22(34)35-23(3,4)5)32-15-16-10-17(24(26,27)28)12-18(11-16)25(29,30)31/h10-12,19-21,32H,6-9,13-15H2,1-5H3/t19?,20-,21+. The molecule has 1 aliphatic heterocycles. The summed E-state index contributed by atoms with van der Waals surface area (Å²) >= 11 is 0. The summed E-state index contributed by atoms with van der Waals surface area (Å²) < 4.78 is 84.9. The number of carbonyl (C=O) groups excluding carboxylic acids is 1. The van der Waals surface area contributed by atoms with E-state index in [0.717, 1.165) is 37.8 Å². The molecule has 200 valence electrons. The van der Waals surface area contributed by atoms with Gasteiger partial charge >= 0.3 is 18.4 Å². The van der Waals surface area contributed by atoms with Crippen LogP contribution in [0.1, 0.15) is 89.8 Å². The highest BCUT2D eigenvalue weighted by atomic mass is 19.4. The summed E-state index contributed by atoms with van der Waals surface area (Å²) in [6.07, 6.45) is -5.99. The van der Waals surface area contributed by atoms with Gasteiger partial charge in [0.1, 0.15) is 5.60 Å². The summed E-state index contributed by atoms with van der Waals surface area (Å²) in [5.41, 5.74) is -3.38. The molecule has 1 unspecified atom stereocenters. The van der Waals surface area contributed by atoms with Gasteiger partial charge in [-0.25, -0.2) is 4.79 Å². The maximum absolute atomic E-state index is 13.2. The molecule has 1 amide bonds. The van der Waals surface area contributed by atoms with Gasteiger partial charge in [-0.15, -0.1) is 0 Å². The van der Waals surface area contributed by atoms with E-state index in [2.05, 4.69) is 5.32 Å². The second-order valence-corrected chi connectivity index (χ2v) is 10.2. The second kappa shape index (κ2) is 11.4. The highest BCUT2D eigenvalue weighted by Gasteiger charge is 2.40. The summed E-state index contributed by atoms with van der Waals surface area (Å²) in [7, 11) is 0. The summed E-state index contributed by atoms with van der Waals surface area (Å²) in [6.45, 7) is 9.26. The number of rotatable bonds is 7. The minimum absolute atomic E-state index is 0.0826. The highest BCUT2D eigenvalue weighted by Crippen LogP contribution is 2.37.